The molecule has 2 rings (SSSR count). The summed E-state index contributed by atoms with van der Waals surface area (Å²) >= 11 is 0. The molecule has 0 aliphatic carbocycles. The Hall–Kier alpha value is -2.01. The zero-order valence-electron chi connectivity index (χ0n) is 14.0. The molecule has 1 fully saturated rings. The molecule has 23 heavy (non-hydrogen) atoms. The fourth-order valence-corrected chi connectivity index (χ4v) is 3.01. The van der Waals surface area contributed by atoms with E-state index < -0.39 is 0 Å². The number of amides is 1. The SMILES string of the molecule is C=CCc1ccc(OCC(=O)N2CC(CN)CC2C)c(OC)c1. The number of hydrogen-bond acceptors (Lipinski definition) is 4. The molecule has 2 atom stereocenters. The van der Waals surface area contributed by atoms with Gasteiger partial charge in [0.05, 0.1) is 7.11 Å². The second-order valence-electron chi connectivity index (χ2n) is 6.00. The van der Waals surface area contributed by atoms with Crippen LogP contribution >= 0.6 is 0 Å². The maximum absolute atomic E-state index is 12.4. The van der Waals surface area contributed by atoms with E-state index in [1.54, 1.807) is 7.11 Å². The standard InChI is InChI=1S/C18H26N2O3/c1-4-5-14-6-7-16(17(9-14)22-3)23-12-18(21)20-11-15(10-19)8-13(20)2/h4,6-7,9,13,15H,1,5,8,10-12,19H2,2-3H3. The lowest BCUT2D eigenvalue weighted by molar-refractivity contribution is -0.134. The number of hydrogen-bond donors (Lipinski definition) is 1. The number of rotatable bonds is 7. The molecule has 0 radical (unpaired) electrons. The lowest BCUT2D eigenvalue weighted by Crippen LogP contribution is -2.37. The molecule has 1 aliphatic rings. The molecule has 0 saturated carbocycles. The van der Waals surface area contributed by atoms with E-state index in [0.717, 1.165) is 24.9 Å². The lowest BCUT2D eigenvalue weighted by atomic mass is 10.1. The molecule has 126 valence electrons. The van der Waals surface area contributed by atoms with Gasteiger partial charge in [-0.3, -0.25) is 4.79 Å². The van der Waals surface area contributed by atoms with Crippen LogP contribution in [0.25, 0.3) is 0 Å². The Morgan fingerprint density at radius 1 is 1.48 bits per heavy atom. The Kier molecular flexibility index (Phi) is 6.04. The summed E-state index contributed by atoms with van der Waals surface area (Å²) in [6.45, 7) is 7.13. The third-order valence-corrected chi connectivity index (χ3v) is 4.27. The Morgan fingerprint density at radius 2 is 2.26 bits per heavy atom. The highest BCUT2D eigenvalue weighted by Gasteiger charge is 2.31. The molecule has 1 aromatic rings. The van der Waals surface area contributed by atoms with Gasteiger partial charge in [-0.25, -0.2) is 0 Å². The third kappa shape index (κ3) is 4.26. The summed E-state index contributed by atoms with van der Waals surface area (Å²) in [6.07, 6.45) is 3.56. The van der Waals surface area contributed by atoms with E-state index in [1.807, 2.05) is 29.2 Å². The maximum Gasteiger partial charge on any atom is 0.260 e. The molecule has 1 aromatic carbocycles. The van der Waals surface area contributed by atoms with Crippen LogP contribution in [0.4, 0.5) is 0 Å². The van der Waals surface area contributed by atoms with Gasteiger partial charge >= 0.3 is 0 Å². The summed E-state index contributed by atoms with van der Waals surface area (Å²) in [5.41, 5.74) is 6.80. The first-order valence-corrected chi connectivity index (χ1v) is 7.99. The van der Waals surface area contributed by atoms with Crippen molar-refractivity contribution >= 4 is 5.91 Å². The first kappa shape index (κ1) is 17.3. The quantitative estimate of drug-likeness (QED) is 0.781. The normalized spacial score (nSPS) is 20.4. The molecular weight excluding hydrogens is 292 g/mol. The van der Waals surface area contributed by atoms with Crippen LogP contribution in [-0.4, -0.2) is 43.7 Å². The maximum atomic E-state index is 12.4. The number of nitrogens with zero attached hydrogens (tertiary/aromatic N) is 1. The van der Waals surface area contributed by atoms with E-state index in [0.29, 0.717) is 24.0 Å². The topological polar surface area (TPSA) is 64.8 Å². The number of ether oxygens (including phenoxy) is 2. The monoisotopic (exact) mass is 318 g/mol. The van der Waals surface area contributed by atoms with Crippen molar-refractivity contribution in [2.75, 3.05) is 26.8 Å². The molecule has 5 heteroatoms. The molecular formula is C18H26N2O3. The van der Waals surface area contributed by atoms with Crippen molar-refractivity contribution in [3.05, 3.63) is 36.4 Å². The molecule has 0 spiro atoms. The van der Waals surface area contributed by atoms with Gasteiger partial charge in [-0.05, 0) is 49.9 Å². The number of allylic oxidation sites excluding steroid dienone is 1. The van der Waals surface area contributed by atoms with E-state index in [-0.39, 0.29) is 18.6 Å². The number of benzene rings is 1. The Labute approximate surface area is 138 Å². The van der Waals surface area contributed by atoms with Gasteiger partial charge in [-0.15, -0.1) is 6.58 Å². The van der Waals surface area contributed by atoms with Crippen molar-refractivity contribution < 1.29 is 14.3 Å². The Bertz CT molecular complexity index is 559. The smallest absolute Gasteiger partial charge is 0.260 e. The lowest BCUT2D eigenvalue weighted by Gasteiger charge is -2.22. The van der Waals surface area contributed by atoms with Gasteiger partial charge in [0.25, 0.3) is 5.91 Å². The highest BCUT2D eigenvalue weighted by Crippen LogP contribution is 2.29. The number of carbonyl (C=O) groups excluding carboxylic acids is 1. The van der Waals surface area contributed by atoms with Crippen LogP contribution in [0, 0.1) is 5.92 Å². The van der Waals surface area contributed by atoms with Crippen LogP contribution in [-0.2, 0) is 11.2 Å². The van der Waals surface area contributed by atoms with Gasteiger partial charge in [-0.2, -0.15) is 0 Å². The van der Waals surface area contributed by atoms with Crippen LogP contribution in [0.5, 0.6) is 11.5 Å². The first-order valence-electron chi connectivity index (χ1n) is 7.99. The molecule has 2 N–H and O–H groups in total. The summed E-state index contributed by atoms with van der Waals surface area (Å²) < 4.78 is 11.0. The van der Waals surface area contributed by atoms with Gasteiger partial charge in [-0.1, -0.05) is 12.1 Å². The number of carbonyl (C=O) groups is 1. The van der Waals surface area contributed by atoms with Crippen LogP contribution in [0.15, 0.2) is 30.9 Å². The summed E-state index contributed by atoms with van der Waals surface area (Å²) in [5, 5.41) is 0. The van der Waals surface area contributed by atoms with Crippen LogP contribution < -0.4 is 15.2 Å². The fourth-order valence-electron chi connectivity index (χ4n) is 3.01. The summed E-state index contributed by atoms with van der Waals surface area (Å²) in [4.78, 5) is 14.2. The van der Waals surface area contributed by atoms with E-state index in [2.05, 4.69) is 13.5 Å². The molecule has 0 aromatic heterocycles. The minimum absolute atomic E-state index is 0.00864. The highest BCUT2D eigenvalue weighted by atomic mass is 16.5. The number of methoxy groups -OCH3 is 1. The first-order chi connectivity index (χ1) is 11.1. The van der Waals surface area contributed by atoms with Crippen molar-refractivity contribution in [1.29, 1.82) is 0 Å². The minimum Gasteiger partial charge on any atom is -0.493 e. The van der Waals surface area contributed by atoms with E-state index >= 15 is 0 Å². The van der Waals surface area contributed by atoms with Gasteiger partial charge in [0.1, 0.15) is 0 Å². The third-order valence-electron chi connectivity index (χ3n) is 4.27. The predicted octanol–water partition coefficient (Wildman–Crippen LogP) is 2.00. The zero-order valence-corrected chi connectivity index (χ0v) is 14.0. The van der Waals surface area contributed by atoms with Crippen LogP contribution in [0.2, 0.25) is 0 Å². The van der Waals surface area contributed by atoms with E-state index in [4.69, 9.17) is 15.2 Å². The fraction of sp³-hybridized carbons (Fsp3) is 0.500. The van der Waals surface area contributed by atoms with Crippen molar-refractivity contribution in [3.63, 3.8) is 0 Å². The molecule has 1 saturated heterocycles. The zero-order chi connectivity index (χ0) is 16.8. The number of likely N-dealkylation sites (tertiary alicyclic amines) is 1. The van der Waals surface area contributed by atoms with Gasteiger partial charge in [0.15, 0.2) is 18.1 Å². The van der Waals surface area contributed by atoms with Gasteiger partial charge in [0, 0.05) is 12.6 Å². The molecule has 1 amide bonds. The van der Waals surface area contributed by atoms with Crippen molar-refractivity contribution in [3.8, 4) is 11.5 Å². The predicted molar refractivity (Wildman–Crippen MR) is 90.7 cm³/mol. The molecule has 5 nitrogen and oxygen atoms in total. The average molecular weight is 318 g/mol. The second kappa shape index (κ2) is 8.02. The van der Waals surface area contributed by atoms with Crippen molar-refractivity contribution in [2.24, 2.45) is 11.7 Å². The summed E-state index contributed by atoms with van der Waals surface area (Å²) in [7, 11) is 1.59. The van der Waals surface area contributed by atoms with Crippen molar-refractivity contribution in [1.82, 2.24) is 4.90 Å². The minimum atomic E-state index is -0.00864. The molecule has 1 aliphatic heterocycles. The largest absolute Gasteiger partial charge is 0.493 e. The summed E-state index contributed by atoms with van der Waals surface area (Å²) in [6, 6.07) is 5.91. The number of nitrogens with two attached hydrogens (primary N) is 1. The molecule has 1 heterocycles. The van der Waals surface area contributed by atoms with E-state index in [1.165, 1.54) is 0 Å². The second-order valence-corrected chi connectivity index (χ2v) is 6.00. The average Bonchev–Trinajstić information content (AvgIpc) is 2.94. The summed E-state index contributed by atoms with van der Waals surface area (Å²) in [5.74, 6) is 1.59. The van der Waals surface area contributed by atoms with E-state index in [9.17, 15) is 4.79 Å². The highest BCUT2D eigenvalue weighted by molar-refractivity contribution is 5.78. The Balaban J connectivity index is 1.97. The van der Waals surface area contributed by atoms with Gasteiger partial charge in [0.2, 0.25) is 0 Å². The molecule has 2 unspecified atom stereocenters. The Morgan fingerprint density at radius 3 is 2.87 bits per heavy atom. The molecule has 0 bridgehead atoms. The van der Waals surface area contributed by atoms with Gasteiger partial charge < -0.3 is 20.1 Å². The van der Waals surface area contributed by atoms with Crippen molar-refractivity contribution in [2.45, 2.75) is 25.8 Å². The van der Waals surface area contributed by atoms with Crippen LogP contribution in [0.3, 0.4) is 0 Å². The van der Waals surface area contributed by atoms with Crippen LogP contribution in [0.1, 0.15) is 18.9 Å².